The van der Waals surface area contributed by atoms with Crippen LogP contribution >= 0.6 is 11.6 Å². The molecule has 1 heterocycles. The molecule has 0 amide bonds. The van der Waals surface area contributed by atoms with Gasteiger partial charge in [-0.25, -0.2) is 0 Å². The summed E-state index contributed by atoms with van der Waals surface area (Å²) < 4.78 is 5.35. The second-order valence-corrected chi connectivity index (χ2v) is 7.40. The van der Waals surface area contributed by atoms with Gasteiger partial charge in [-0.1, -0.05) is 54.9 Å². The highest BCUT2D eigenvalue weighted by Crippen LogP contribution is 2.24. The Hall–Kier alpha value is -2.77. The highest BCUT2D eigenvalue weighted by Gasteiger charge is 2.15. The van der Waals surface area contributed by atoms with Crippen LogP contribution in [0, 0.1) is 10.1 Å². The second-order valence-electron chi connectivity index (χ2n) is 6.99. The van der Waals surface area contributed by atoms with Crippen molar-refractivity contribution >= 4 is 17.3 Å². The summed E-state index contributed by atoms with van der Waals surface area (Å²) in [6.07, 6.45) is 0. The lowest BCUT2D eigenvalue weighted by Crippen LogP contribution is -2.17. The van der Waals surface area contributed by atoms with E-state index in [0.29, 0.717) is 41.3 Å². The van der Waals surface area contributed by atoms with Crippen molar-refractivity contribution in [1.29, 1.82) is 0 Å². The van der Waals surface area contributed by atoms with E-state index in [1.807, 2.05) is 24.1 Å². The zero-order chi connectivity index (χ0) is 20.3. The van der Waals surface area contributed by atoms with Crippen LogP contribution in [0.2, 0.25) is 5.02 Å². The predicted molar refractivity (Wildman–Crippen MR) is 107 cm³/mol. The summed E-state index contributed by atoms with van der Waals surface area (Å²) >= 11 is 6.17. The van der Waals surface area contributed by atoms with Crippen molar-refractivity contribution in [2.45, 2.75) is 32.9 Å². The molecule has 0 spiro atoms. The lowest BCUT2D eigenvalue weighted by Gasteiger charge is -2.15. The molecule has 0 atom stereocenters. The molecule has 0 bridgehead atoms. The van der Waals surface area contributed by atoms with Gasteiger partial charge < -0.3 is 4.52 Å². The van der Waals surface area contributed by atoms with Crippen LogP contribution in [0.5, 0.6) is 0 Å². The number of nitrogens with zero attached hydrogens (tertiary/aromatic N) is 4. The van der Waals surface area contributed by atoms with E-state index in [-0.39, 0.29) is 5.69 Å². The van der Waals surface area contributed by atoms with E-state index in [1.165, 1.54) is 23.8 Å². The Morgan fingerprint density at radius 2 is 1.89 bits per heavy atom. The van der Waals surface area contributed by atoms with Crippen molar-refractivity contribution in [3.8, 4) is 11.4 Å². The first-order chi connectivity index (χ1) is 13.3. The fraction of sp³-hybridized carbons (Fsp3) is 0.300. The summed E-state index contributed by atoms with van der Waals surface area (Å²) in [5.41, 5.74) is 2.82. The number of nitro groups is 1. The van der Waals surface area contributed by atoms with Crippen molar-refractivity contribution in [2.24, 2.45) is 0 Å². The van der Waals surface area contributed by atoms with Crippen LogP contribution in [0.4, 0.5) is 5.69 Å². The second kappa shape index (κ2) is 8.50. The first kappa shape index (κ1) is 20.0. The molecule has 0 radical (unpaired) electrons. The topological polar surface area (TPSA) is 85.3 Å². The van der Waals surface area contributed by atoms with E-state index < -0.39 is 4.92 Å². The first-order valence-corrected chi connectivity index (χ1v) is 9.25. The number of hydrogen-bond donors (Lipinski definition) is 0. The van der Waals surface area contributed by atoms with Crippen LogP contribution in [-0.4, -0.2) is 27.0 Å². The number of halogens is 1. The van der Waals surface area contributed by atoms with E-state index in [1.54, 1.807) is 0 Å². The van der Waals surface area contributed by atoms with Crippen LogP contribution < -0.4 is 0 Å². The Balaban J connectivity index is 1.68. The smallest absolute Gasteiger partial charge is 0.269 e. The third-order valence-electron chi connectivity index (χ3n) is 4.39. The van der Waals surface area contributed by atoms with Crippen molar-refractivity contribution in [3.05, 3.63) is 74.6 Å². The van der Waals surface area contributed by atoms with Gasteiger partial charge in [-0.3, -0.25) is 15.0 Å². The lowest BCUT2D eigenvalue weighted by atomic mass is 10.0. The largest absolute Gasteiger partial charge is 0.338 e. The Morgan fingerprint density at radius 1 is 1.18 bits per heavy atom. The first-order valence-electron chi connectivity index (χ1n) is 8.87. The summed E-state index contributed by atoms with van der Waals surface area (Å²) in [6.45, 7) is 5.10. The number of nitro benzene ring substituents is 1. The number of hydrogen-bond acceptors (Lipinski definition) is 6. The molecule has 0 aliphatic heterocycles. The maximum absolute atomic E-state index is 11.0. The molecule has 146 valence electrons. The summed E-state index contributed by atoms with van der Waals surface area (Å²) in [6, 6.07) is 12.5. The van der Waals surface area contributed by atoms with Crippen molar-refractivity contribution < 1.29 is 9.45 Å². The molecule has 3 aromatic rings. The zero-order valence-corrected chi connectivity index (χ0v) is 16.7. The van der Waals surface area contributed by atoms with Gasteiger partial charge in [0.15, 0.2) is 0 Å². The van der Waals surface area contributed by atoms with Crippen LogP contribution in [0.15, 0.2) is 47.0 Å². The standard InChI is InChI=1S/C20H21ClN4O3/c1-13(2)14-4-6-15(7-5-14)20-22-19(28-23-20)12-24(3)11-16-10-17(25(26)27)8-9-18(16)21/h4-10,13H,11-12H2,1-3H3. The lowest BCUT2D eigenvalue weighted by molar-refractivity contribution is -0.384. The molecule has 0 aliphatic rings. The Morgan fingerprint density at radius 3 is 2.54 bits per heavy atom. The van der Waals surface area contributed by atoms with E-state index in [2.05, 4.69) is 36.1 Å². The Labute approximate surface area is 168 Å². The minimum Gasteiger partial charge on any atom is -0.338 e. The molecule has 0 saturated heterocycles. The molecule has 1 aromatic heterocycles. The molecule has 0 N–H and O–H groups in total. The molecule has 2 aromatic carbocycles. The van der Waals surface area contributed by atoms with Gasteiger partial charge in [0.2, 0.25) is 11.7 Å². The molecule has 28 heavy (non-hydrogen) atoms. The summed E-state index contributed by atoms with van der Waals surface area (Å²) in [4.78, 5) is 16.9. The molecule has 7 nitrogen and oxygen atoms in total. The van der Waals surface area contributed by atoms with Gasteiger partial charge in [0.1, 0.15) is 0 Å². The minimum absolute atomic E-state index is 0.0118. The Bertz CT molecular complexity index is 970. The van der Waals surface area contributed by atoms with Crippen LogP contribution in [0.3, 0.4) is 0 Å². The molecule has 0 saturated carbocycles. The van der Waals surface area contributed by atoms with Crippen molar-refractivity contribution in [2.75, 3.05) is 7.05 Å². The van der Waals surface area contributed by atoms with Gasteiger partial charge in [0.05, 0.1) is 11.5 Å². The predicted octanol–water partition coefficient (Wildman–Crippen LogP) is 5.05. The summed E-state index contributed by atoms with van der Waals surface area (Å²) in [5, 5.41) is 15.5. The van der Waals surface area contributed by atoms with Crippen molar-refractivity contribution in [1.82, 2.24) is 15.0 Å². The minimum atomic E-state index is -0.436. The average Bonchev–Trinajstić information content (AvgIpc) is 3.11. The van der Waals surface area contributed by atoms with E-state index >= 15 is 0 Å². The Kier molecular flexibility index (Phi) is 6.06. The van der Waals surface area contributed by atoms with Crippen molar-refractivity contribution in [3.63, 3.8) is 0 Å². The highest BCUT2D eigenvalue weighted by molar-refractivity contribution is 6.31. The molecule has 3 rings (SSSR count). The summed E-state index contributed by atoms with van der Waals surface area (Å²) in [7, 11) is 1.86. The van der Waals surface area contributed by atoms with E-state index in [4.69, 9.17) is 16.1 Å². The monoisotopic (exact) mass is 400 g/mol. The quantitative estimate of drug-likeness (QED) is 0.407. The SMILES string of the molecule is CC(C)c1ccc(-c2noc(CN(C)Cc3cc([N+](=O)[O-])ccc3Cl)n2)cc1. The third-order valence-corrected chi connectivity index (χ3v) is 4.76. The maximum Gasteiger partial charge on any atom is 0.269 e. The van der Waals surface area contributed by atoms with E-state index in [9.17, 15) is 10.1 Å². The molecule has 0 unspecified atom stereocenters. The van der Waals surface area contributed by atoms with Gasteiger partial charge in [-0.15, -0.1) is 0 Å². The summed E-state index contributed by atoms with van der Waals surface area (Å²) in [5.74, 6) is 1.46. The van der Waals surface area contributed by atoms with Gasteiger partial charge in [-0.2, -0.15) is 4.98 Å². The fourth-order valence-corrected chi connectivity index (χ4v) is 3.00. The van der Waals surface area contributed by atoms with Crippen LogP contribution in [-0.2, 0) is 13.1 Å². The highest BCUT2D eigenvalue weighted by atomic mass is 35.5. The molecule has 0 fully saturated rings. The maximum atomic E-state index is 11.0. The van der Waals surface area contributed by atoms with Crippen LogP contribution in [0.25, 0.3) is 11.4 Å². The average molecular weight is 401 g/mol. The van der Waals surface area contributed by atoms with Gasteiger partial charge in [-0.05, 0) is 30.2 Å². The number of non-ortho nitro benzene ring substituents is 1. The molecular formula is C20H21ClN4O3. The number of benzene rings is 2. The number of rotatable bonds is 7. The van der Waals surface area contributed by atoms with E-state index in [0.717, 1.165) is 5.56 Å². The molecule has 0 aliphatic carbocycles. The molecule has 8 heteroatoms. The zero-order valence-electron chi connectivity index (χ0n) is 15.9. The third kappa shape index (κ3) is 4.74. The molecular weight excluding hydrogens is 380 g/mol. The normalized spacial score (nSPS) is 11.4. The van der Waals surface area contributed by atoms with Crippen LogP contribution in [0.1, 0.15) is 36.8 Å². The number of aromatic nitrogens is 2. The van der Waals surface area contributed by atoms with Gasteiger partial charge in [0.25, 0.3) is 5.69 Å². The van der Waals surface area contributed by atoms with Gasteiger partial charge in [0, 0.05) is 29.3 Å². The fourth-order valence-electron chi connectivity index (χ4n) is 2.83. The van der Waals surface area contributed by atoms with Gasteiger partial charge >= 0.3 is 0 Å².